The number of rotatable bonds is 4. The van der Waals surface area contributed by atoms with E-state index in [-0.39, 0.29) is 0 Å². The van der Waals surface area contributed by atoms with Crippen molar-refractivity contribution in [1.82, 2.24) is 4.90 Å². The van der Waals surface area contributed by atoms with Crippen molar-refractivity contribution < 1.29 is 0 Å². The summed E-state index contributed by atoms with van der Waals surface area (Å²) in [6.45, 7) is 3.64. The zero-order chi connectivity index (χ0) is 12.9. The molecule has 0 bridgehead atoms. The van der Waals surface area contributed by atoms with E-state index >= 15 is 0 Å². The average Bonchev–Trinajstić information content (AvgIpc) is 2.88. The van der Waals surface area contributed by atoms with Crippen molar-refractivity contribution in [2.45, 2.75) is 17.8 Å². The Hall–Kier alpha value is -1.08. The van der Waals surface area contributed by atoms with Crippen molar-refractivity contribution in [1.29, 1.82) is 0 Å². The molecule has 1 saturated heterocycles. The van der Waals surface area contributed by atoms with Gasteiger partial charge < -0.3 is 0 Å². The molecule has 2 aromatic rings. The van der Waals surface area contributed by atoms with E-state index in [0.717, 1.165) is 11.4 Å². The summed E-state index contributed by atoms with van der Waals surface area (Å²) < 4.78 is 1.54. The summed E-state index contributed by atoms with van der Waals surface area (Å²) >= 11 is 0.632. The fraction of sp³-hybridized carbons (Fsp3) is 0.294. The normalized spacial score (nSPS) is 19.7. The summed E-state index contributed by atoms with van der Waals surface area (Å²) in [4.78, 5) is 3.49. The predicted molar refractivity (Wildman–Crippen MR) is 81.9 cm³/mol. The van der Waals surface area contributed by atoms with E-state index in [1.165, 1.54) is 25.1 Å². The van der Waals surface area contributed by atoms with Gasteiger partial charge in [-0.05, 0) is 0 Å². The Morgan fingerprint density at radius 3 is 2.37 bits per heavy atom. The van der Waals surface area contributed by atoms with Crippen LogP contribution in [-0.4, -0.2) is 32.9 Å². The molecule has 19 heavy (non-hydrogen) atoms. The molecule has 0 spiro atoms. The minimum atomic E-state index is 0.632. The minimum absolute atomic E-state index is 0.632. The van der Waals surface area contributed by atoms with E-state index in [1.54, 1.807) is 4.46 Å². The van der Waals surface area contributed by atoms with Gasteiger partial charge in [-0.2, -0.15) is 0 Å². The number of hydrogen-bond acceptors (Lipinski definition) is 1. The van der Waals surface area contributed by atoms with Crippen molar-refractivity contribution in [3.8, 4) is 0 Å². The van der Waals surface area contributed by atoms with Crippen molar-refractivity contribution >= 4 is 19.4 Å². The molecule has 1 nitrogen and oxygen atoms in total. The van der Waals surface area contributed by atoms with Gasteiger partial charge in [-0.25, -0.2) is 0 Å². The van der Waals surface area contributed by atoms with E-state index in [2.05, 4.69) is 65.6 Å². The van der Waals surface area contributed by atoms with Gasteiger partial charge >= 0.3 is 121 Å². The van der Waals surface area contributed by atoms with E-state index in [9.17, 15) is 0 Å². The molecule has 1 heterocycles. The van der Waals surface area contributed by atoms with Gasteiger partial charge in [0.05, 0.1) is 0 Å². The summed E-state index contributed by atoms with van der Waals surface area (Å²) in [5, 5.41) is 0. The Balaban J connectivity index is 1.53. The third kappa shape index (κ3) is 3.70. The maximum atomic E-state index is 2.60. The van der Waals surface area contributed by atoms with Crippen LogP contribution in [0.5, 0.6) is 0 Å². The molecule has 1 unspecified atom stereocenters. The quantitative estimate of drug-likeness (QED) is 0.784. The Morgan fingerprint density at radius 1 is 0.947 bits per heavy atom. The molecule has 2 aromatic carbocycles. The van der Waals surface area contributed by atoms with Crippen LogP contribution in [0.15, 0.2) is 60.7 Å². The molecule has 1 fully saturated rings. The molecule has 98 valence electrons. The maximum absolute atomic E-state index is 2.60. The second kappa shape index (κ2) is 6.38. The zero-order valence-electron chi connectivity index (χ0n) is 11.0. The van der Waals surface area contributed by atoms with Crippen LogP contribution in [0.4, 0.5) is 0 Å². The molecule has 0 radical (unpaired) electrons. The van der Waals surface area contributed by atoms with Gasteiger partial charge in [0, 0.05) is 0 Å². The van der Waals surface area contributed by atoms with Crippen molar-refractivity contribution in [3.05, 3.63) is 66.2 Å². The number of benzene rings is 2. The summed E-state index contributed by atoms with van der Waals surface area (Å²) in [6, 6.07) is 21.8. The van der Waals surface area contributed by atoms with Crippen LogP contribution >= 0.6 is 0 Å². The van der Waals surface area contributed by atoms with Gasteiger partial charge in [-0.15, -0.1) is 0 Å². The molecule has 0 amide bonds. The molecule has 1 atom stereocenters. The first-order valence-electron chi connectivity index (χ1n) is 6.88. The first-order chi connectivity index (χ1) is 9.40. The van der Waals surface area contributed by atoms with Gasteiger partial charge in [0.15, 0.2) is 0 Å². The molecule has 0 N–H and O–H groups in total. The number of likely N-dealkylation sites (tertiary alicyclic amines) is 1. The fourth-order valence-corrected chi connectivity index (χ4v) is 5.10. The monoisotopic (exact) mass is 317 g/mol. The first kappa shape index (κ1) is 12.9. The van der Waals surface area contributed by atoms with Gasteiger partial charge in [-0.1, -0.05) is 0 Å². The van der Waals surface area contributed by atoms with Crippen molar-refractivity contribution in [2.24, 2.45) is 0 Å². The molecule has 1 aliphatic heterocycles. The van der Waals surface area contributed by atoms with Crippen LogP contribution < -0.4 is 4.46 Å². The number of hydrogen-bond donors (Lipinski definition) is 0. The van der Waals surface area contributed by atoms with Crippen molar-refractivity contribution in [2.75, 3.05) is 13.1 Å². The summed E-state index contributed by atoms with van der Waals surface area (Å²) in [7, 11) is 0. The van der Waals surface area contributed by atoms with Crippen LogP contribution in [0.3, 0.4) is 0 Å². The fourth-order valence-electron chi connectivity index (χ4n) is 2.57. The van der Waals surface area contributed by atoms with Crippen LogP contribution in [-0.2, 0) is 6.54 Å². The summed E-state index contributed by atoms with van der Waals surface area (Å²) in [6.07, 6.45) is 1.36. The van der Waals surface area contributed by atoms with Gasteiger partial charge in [0.1, 0.15) is 0 Å². The van der Waals surface area contributed by atoms with Gasteiger partial charge in [-0.3, -0.25) is 0 Å². The molecular formula is C17H19NSe. The molecule has 1 aliphatic rings. The van der Waals surface area contributed by atoms with Crippen LogP contribution in [0.1, 0.15) is 12.0 Å². The van der Waals surface area contributed by atoms with Crippen LogP contribution in [0.25, 0.3) is 0 Å². The summed E-state index contributed by atoms with van der Waals surface area (Å²) in [5.74, 6) is 0. The zero-order valence-corrected chi connectivity index (χ0v) is 12.7. The molecule has 3 rings (SSSR count). The van der Waals surface area contributed by atoms with E-state index in [0.29, 0.717) is 15.0 Å². The third-order valence-corrected chi connectivity index (χ3v) is 6.17. The topological polar surface area (TPSA) is 3.24 Å². The Kier molecular flexibility index (Phi) is 4.34. The molecule has 0 aromatic heterocycles. The third-order valence-electron chi connectivity index (χ3n) is 3.52. The van der Waals surface area contributed by atoms with Crippen LogP contribution in [0, 0.1) is 0 Å². The molecule has 0 aliphatic carbocycles. The molecule has 0 saturated carbocycles. The second-order valence-electron chi connectivity index (χ2n) is 5.06. The Morgan fingerprint density at radius 2 is 1.63 bits per heavy atom. The average molecular weight is 316 g/mol. The standard InChI is InChI=1S/C17H19NSe/c1-3-7-15(8-4-1)13-18-12-11-17(14-18)19-16-9-5-2-6-10-16/h1-10,17H,11-14H2. The summed E-state index contributed by atoms with van der Waals surface area (Å²) in [5.41, 5.74) is 1.44. The van der Waals surface area contributed by atoms with E-state index in [1.807, 2.05) is 0 Å². The first-order valence-corrected chi connectivity index (χ1v) is 8.73. The second-order valence-corrected chi connectivity index (χ2v) is 7.94. The Bertz CT molecular complexity index is 450. The van der Waals surface area contributed by atoms with Crippen LogP contribution in [0.2, 0.25) is 4.82 Å². The van der Waals surface area contributed by atoms with E-state index in [4.69, 9.17) is 0 Å². The SMILES string of the molecule is c1ccc(CN2CCC([Se]c3ccccc3)C2)cc1. The Labute approximate surface area is 121 Å². The molecule has 2 heteroatoms. The molecular weight excluding hydrogens is 297 g/mol. The van der Waals surface area contributed by atoms with E-state index < -0.39 is 0 Å². The number of nitrogens with zero attached hydrogens (tertiary/aromatic N) is 1. The van der Waals surface area contributed by atoms with Gasteiger partial charge in [0.25, 0.3) is 0 Å². The van der Waals surface area contributed by atoms with Gasteiger partial charge in [0.2, 0.25) is 0 Å². The van der Waals surface area contributed by atoms with Crippen molar-refractivity contribution in [3.63, 3.8) is 0 Å². The predicted octanol–water partition coefficient (Wildman–Crippen LogP) is 2.71.